The van der Waals surface area contributed by atoms with Gasteiger partial charge < -0.3 is 10.6 Å². The predicted molar refractivity (Wildman–Crippen MR) is 67.5 cm³/mol. The number of rotatable bonds is 1. The summed E-state index contributed by atoms with van der Waals surface area (Å²) in [6.07, 6.45) is 0. The highest BCUT2D eigenvalue weighted by Gasteiger charge is 2.24. The normalized spacial score (nSPS) is 22.5. The van der Waals surface area contributed by atoms with E-state index < -0.39 is 0 Å². The van der Waals surface area contributed by atoms with Gasteiger partial charge in [0, 0.05) is 12.1 Å². The molecule has 0 fully saturated rings. The zero-order valence-corrected chi connectivity index (χ0v) is 9.88. The molecule has 2 atom stereocenters. The van der Waals surface area contributed by atoms with Gasteiger partial charge in [-0.1, -0.05) is 18.2 Å². The standard InChI is InChI=1S/C12H15N5/c1-8-9(2)14-12-11(13-8)15-17(16-12)10-6-4-3-5-7-10/h3-9H,1-2H3,(H,13,15)(H,14,16). The number of aromatic nitrogens is 3. The van der Waals surface area contributed by atoms with Crippen molar-refractivity contribution in [1.82, 2.24) is 15.0 Å². The molecule has 0 radical (unpaired) electrons. The van der Waals surface area contributed by atoms with Crippen molar-refractivity contribution in [1.29, 1.82) is 0 Å². The maximum Gasteiger partial charge on any atom is 0.193 e. The molecule has 88 valence electrons. The second-order valence-electron chi connectivity index (χ2n) is 4.39. The molecule has 1 aliphatic rings. The van der Waals surface area contributed by atoms with Crippen molar-refractivity contribution in [3.8, 4) is 5.69 Å². The molecule has 0 aliphatic carbocycles. The van der Waals surface area contributed by atoms with Crippen molar-refractivity contribution in [3.63, 3.8) is 0 Å². The predicted octanol–water partition coefficient (Wildman–Crippen LogP) is 1.88. The Morgan fingerprint density at radius 2 is 1.47 bits per heavy atom. The first kappa shape index (κ1) is 10.1. The van der Waals surface area contributed by atoms with Crippen molar-refractivity contribution >= 4 is 11.6 Å². The Hall–Kier alpha value is -2.04. The van der Waals surface area contributed by atoms with E-state index >= 15 is 0 Å². The molecular weight excluding hydrogens is 214 g/mol. The summed E-state index contributed by atoms with van der Waals surface area (Å²) in [7, 11) is 0. The Bertz CT molecular complexity index is 491. The maximum atomic E-state index is 4.44. The van der Waals surface area contributed by atoms with Gasteiger partial charge in [0.1, 0.15) is 0 Å². The van der Waals surface area contributed by atoms with Crippen LogP contribution in [0.15, 0.2) is 30.3 Å². The fourth-order valence-electron chi connectivity index (χ4n) is 1.86. The van der Waals surface area contributed by atoms with Gasteiger partial charge in [0.15, 0.2) is 11.6 Å². The number of para-hydroxylation sites is 1. The van der Waals surface area contributed by atoms with Crippen LogP contribution in [0.3, 0.4) is 0 Å². The number of hydrogen-bond donors (Lipinski definition) is 2. The van der Waals surface area contributed by atoms with Crippen molar-refractivity contribution in [2.75, 3.05) is 10.6 Å². The van der Waals surface area contributed by atoms with Crippen molar-refractivity contribution in [2.45, 2.75) is 25.9 Å². The lowest BCUT2D eigenvalue weighted by molar-refractivity contribution is 0.658. The Balaban J connectivity index is 1.98. The minimum Gasteiger partial charge on any atom is -0.361 e. The Labute approximate surface area is 99.8 Å². The summed E-state index contributed by atoms with van der Waals surface area (Å²) < 4.78 is 0. The molecule has 1 aromatic carbocycles. The van der Waals surface area contributed by atoms with Crippen LogP contribution >= 0.6 is 0 Å². The van der Waals surface area contributed by atoms with Crippen LogP contribution in [0.4, 0.5) is 11.6 Å². The highest BCUT2D eigenvalue weighted by molar-refractivity contribution is 5.63. The molecule has 0 amide bonds. The lowest BCUT2D eigenvalue weighted by Gasteiger charge is -2.27. The molecule has 2 N–H and O–H groups in total. The molecule has 5 nitrogen and oxygen atoms in total. The number of hydrogen-bond acceptors (Lipinski definition) is 4. The van der Waals surface area contributed by atoms with E-state index in [0.29, 0.717) is 12.1 Å². The van der Waals surface area contributed by atoms with Gasteiger partial charge in [0.2, 0.25) is 0 Å². The molecule has 0 bridgehead atoms. The fourth-order valence-corrected chi connectivity index (χ4v) is 1.86. The molecular formula is C12H15N5. The Kier molecular flexibility index (Phi) is 2.24. The van der Waals surface area contributed by atoms with Crippen LogP contribution in [0.2, 0.25) is 0 Å². The number of benzene rings is 1. The summed E-state index contributed by atoms with van der Waals surface area (Å²) in [6, 6.07) is 10.6. The summed E-state index contributed by atoms with van der Waals surface area (Å²) in [4.78, 5) is 1.65. The van der Waals surface area contributed by atoms with Crippen LogP contribution < -0.4 is 10.6 Å². The largest absolute Gasteiger partial charge is 0.361 e. The molecule has 2 heterocycles. The van der Waals surface area contributed by atoms with Crippen molar-refractivity contribution in [3.05, 3.63) is 30.3 Å². The quantitative estimate of drug-likeness (QED) is 0.784. The summed E-state index contributed by atoms with van der Waals surface area (Å²) in [5.74, 6) is 1.64. The lowest BCUT2D eigenvalue weighted by atomic mass is 10.1. The molecule has 3 rings (SSSR count). The highest BCUT2D eigenvalue weighted by Crippen LogP contribution is 2.25. The van der Waals surface area contributed by atoms with Gasteiger partial charge in [-0.05, 0) is 26.0 Å². The van der Waals surface area contributed by atoms with E-state index in [2.05, 4.69) is 34.7 Å². The summed E-state index contributed by atoms with van der Waals surface area (Å²) in [5.41, 5.74) is 0.964. The van der Waals surface area contributed by atoms with Crippen LogP contribution in [-0.4, -0.2) is 27.1 Å². The second kappa shape index (κ2) is 3.76. The third-order valence-electron chi connectivity index (χ3n) is 3.08. The average Bonchev–Trinajstić information content (AvgIpc) is 2.74. The Morgan fingerprint density at radius 1 is 0.941 bits per heavy atom. The van der Waals surface area contributed by atoms with Gasteiger partial charge in [-0.3, -0.25) is 0 Å². The van der Waals surface area contributed by atoms with E-state index in [-0.39, 0.29) is 0 Å². The topological polar surface area (TPSA) is 54.8 Å². The molecule has 2 aromatic rings. The van der Waals surface area contributed by atoms with E-state index in [0.717, 1.165) is 17.3 Å². The van der Waals surface area contributed by atoms with Crippen LogP contribution in [0.5, 0.6) is 0 Å². The monoisotopic (exact) mass is 229 g/mol. The number of anilines is 2. The summed E-state index contributed by atoms with van der Waals surface area (Å²) in [6.45, 7) is 4.25. The van der Waals surface area contributed by atoms with E-state index in [9.17, 15) is 0 Å². The molecule has 0 saturated carbocycles. The van der Waals surface area contributed by atoms with Crippen LogP contribution in [0.25, 0.3) is 5.69 Å². The number of nitrogens with one attached hydrogen (secondary N) is 2. The molecule has 1 aromatic heterocycles. The van der Waals surface area contributed by atoms with Gasteiger partial charge in [-0.25, -0.2) is 0 Å². The summed E-state index contributed by atoms with van der Waals surface area (Å²) >= 11 is 0. The molecule has 2 unspecified atom stereocenters. The minimum atomic E-state index is 0.350. The fraction of sp³-hybridized carbons (Fsp3) is 0.333. The first-order valence-corrected chi connectivity index (χ1v) is 5.80. The van der Waals surface area contributed by atoms with Gasteiger partial charge >= 0.3 is 0 Å². The van der Waals surface area contributed by atoms with Crippen molar-refractivity contribution < 1.29 is 0 Å². The molecule has 5 heteroatoms. The summed E-state index contributed by atoms with van der Waals surface area (Å²) in [5, 5.41) is 15.6. The van der Waals surface area contributed by atoms with Gasteiger partial charge in [-0.15, -0.1) is 15.0 Å². The van der Waals surface area contributed by atoms with E-state index in [4.69, 9.17) is 0 Å². The van der Waals surface area contributed by atoms with Crippen LogP contribution in [0, 0.1) is 0 Å². The number of nitrogens with zero attached hydrogens (tertiary/aromatic N) is 3. The first-order chi connectivity index (χ1) is 8.24. The number of fused-ring (bicyclic) bond motifs is 1. The molecule has 0 spiro atoms. The third kappa shape index (κ3) is 1.73. The average molecular weight is 229 g/mol. The van der Waals surface area contributed by atoms with Crippen molar-refractivity contribution in [2.24, 2.45) is 0 Å². The highest BCUT2D eigenvalue weighted by atomic mass is 15.5. The smallest absolute Gasteiger partial charge is 0.193 e. The lowest BCUT2D eigenvalue weighted by Crippen LogP contribution is -2.38. The first-order valence-electron chi connectivity index (χ1n) is 5.80. The minimum absolute atomic E-state index is 0.350. The van der Waals surface area contributed by atoms with E-state index in [1.54, 1.807) is 4.80 Å². The van der Waals surface area contributed by atoms with Gasteiger partial charge in [0.05, 0.1) is 5.69 Å². The third-order valence-corrected chi connectivity index (χ3v) is 3.08. The van der Waals surface area contributed by atoms with Crippen LogP contribution in [-0.2, 0) is 0 Å². The maximum absolute atomic E-state index is 4.44. The van der Waals surface area contributed by atoms with E-state index in [1.165, 1.54) is 0 Å². The zero-order chi connectivity index (χ0) is 11.8. The van der Waals surface area contributed by atoms with Gasteiger partial charge in [-0.2, -0.15) is 0 Å². The molecule has 1 aliphatic heterocycles. The zero-order valence-electron chi connectivity index (χ0n) is 9.88. The van der Waals surface area contributed by atoms with E-state index in [1.807, 2.05) is 30.3 Å². The second-order valence-corrected chi connectivity index (χ2v) is 4.39. The van der Waals surface area contributed by atoms with Gasteiger partial charge in [0.25, 0.3) is 0 Å². The molecule has 17 heavy (non-hydrogen) atoms. The Morgan fingerprint density at radius 3 is 2.00 bits per heavy atom. The van der Waals surface area contributed by atoms with Crippen LogP contribution in [0.1, 0.15) is 13.8 Å². The molecule has 0 saturated heterocycles. The SMILES string of the molecule is CC1Nc2nn(-c3ccccc3)nc2NC1C.